The Morgan fingerprint density at radius 2 is 2.14 bits per heavy atom. The van der Waals surface area contributed by atoms with Gasteiger partial charge in [0.05, 0.1) is 6.61 Å². The monoisotopic (exact) mass is 296 g/mol. The Bertz CT molecular complexity index is 308. The van der Waals surface area contributed by atoms with Crippen LogP contribution in [0.1, 0.15) is 59.3 Å². The summed E-state index contributed by atoms with van der Waals surface area (Å²) in [7, 11) is 0. The molecule has 3 atom stereocenters. The summed E-state index contributed by atoms with van der Waals surface area (Å²) in [6.45, 7) is 12.1. The van der Waals surface area contributed by atoms with Crippen LogP contribution in [0.4, 0.5) is 0 Å². The third kappa shape index (κ3) is 4.20. The van der Waals surface area contributed by atoms with Crippen LogP contribution in [0.2, 0.25) is 0 Å². The fourth-order valence-corrected chi connectivity index (χ4v) is 4.38. The molecule has 0 aromatic carbocycles. The Morgan fingerprint density at radius 3 is 2.76 bits per heavy atom. The van der Waals surface area contributed by atoms with Gasteiger partial charge in [-0.05, 0) is 69.5 Å². The van der Waals surface area contributed by atoms with Crippen molar-refractivity contribution in [1.29, 1.82) is 0 Å². The molecule has 0 spiro atoms. The van der Waals surface area contributed by atoms with Crippen LogP contribution < -0.4 is 5.32 Å². The van der Waals surface area contributed by atoms with E-state index in [0.717, 1.165) is 31.2 Å². The number of aliphatic hydroxyl groups is 1. The topological polar surface area (TPSA) is 35.5 Å². The number of hydrogen-bond donors (Lipinski definition) is 2. The summed E-state index contributed by atoms with van der Waals surface area (Å²) >= 11 is 0. The Balaban J connectivity index is 1.81. The fraction of sp³-hybridized carbons (Fsp3) is 1.00. The van der Waals surface area contributed by atoms with Crippen LogP contribution in [-0.2, 0) is 0 Å². The minimum atomic E-state index is 0.0210. The average Bonchev–Trinajstić information content (AvgIpc) is 3.10. The van der Waals surface area contributed by atoms with E-state index in [4.69, 9.17) is 0 Å². The summed E-state index contributed by atoms with van der Waals surface area (Å²) in [4.78, 5) is 2.66. The number of aliphatic hydroxyl groups excluding tert-OH is 1. The molecular weight excluding hydrogens is 260 g/mol. The van der Waals surface area contributed by atoms with Crippen LogP contribution in [0.25, 0.3) is 0 Å². The molecule has 1 saturated heterocycles. The van der Waals surface area contributed by atoms with Gasteiger partial charge in [0.25, 0.3) is 0 Å². The molecule has 2 rings (SSSR count). The van der Waals surface area contributed by atoms with Crippen LogP contribution in [0.5, 0.6) is 0 Å². The quantitative estimate of drug-likeness (QED) is 0.723. The lowest BCUT2D eigenvalue weighted by molar-refractivity contribution is 0.113. The first kappa shape index (κ1) is 17.2. The molecule has 1 aliphatic carbocycles. The molecule has 2 N–H and O–H groups in total. The van der Waals surface area contributed by atoms with E-state index in [1.807, 2.05) is 0 Å². The second kappa shape index (κ2) is 7.94. The summed E-state index contributed by atoms with van der Waals surface area (Å²) in [5.41, 5.74) is 0.0210. The molecule has 21 heavy (non-hydrogen) atoms. The summed E-state index contributed by atoms with van der Waals surface area (Å²) in [6, 6.07) is 0. The highest BCUT2D eigenvalue weighted by molar-refractivity contribution is 4.99. The Labute approximate surface area is 131 Å². The standard InChI is InChI=1S/C18H36N2O/c1-4-10-19-18(14-21)9-5-6-17(18)8-12-20-11-7-16(13-20)15(2)3/h15-17,19,21H,4-14H2,1-3H3. The molecule has 0 aromatic heterocycles. The third-order valence-electron chi connectivity index (χ3n) is 6.01. The maximum atomic E-state index is 9.94. The highest BCUT2D eigenvalue weighted by atomic mass is 16.3. The second-order valence-electron chi connectivity index (χ2n) is 7.71. The van der Waals surface area contributed by atoms with Crippen molar-refractivity contribution in [1.82, 2.24) is 10.2 Å². The van der Waals surface area contributed by atoms with E-state index in [2.05, 4.69) is 31.0 Å². The van der Waals surface area contributed by atoms with Gasteiger partial charge in [0.1, 0.15) is 0 Å². The largest absolute Gasteiger partial charge is 0.394 e. The van der Waals surface area contributed by atoms with E-state index in [-0.39, 0.29) is 5.54 Å². The molecule has 3 nitrogen and oxygen atoms in total. The van der Waals surface area contributed by atoms with Crippen molar-refractivity contribution in [3.8, 4) is 0 Å². The second-order valence-corrected chi connectivity index (χ2v) is 7.71. The lowest BCUT2D eigenvalue weighted by atomic mass is 9.85. The van der Waals surface area contributed by atoms with Crippen LogP contribution in [0, 0.1) is 17.8 Å². The zero-order valence-corrected chi connectivity index (χ0v) is 14.4. The third-order valence-corrected chi connectivity index (χ3v) is 6.01. The van der Waals surface area contributed by atoms with E-state index in [1.165, 1.54) is 45.3 Å². The lowest BCUT2D eigenvalue weighted by Crippen LogP contribution is -2.52. The molecule has 2 aliphatic rings. The molecule has 2 fully saturated rings. The first-order valence-corrected chi connectivity index (χ1v) is 9.19. The van der Waals surface area contributed by atoms with E-state index in [9.17, 15) is 5.11 Å². The first-order valence-electron chi connectivity index (χ1n) is 9.19. The molecule has 1 aliphatic heterocycles. The smallest absolute Gasteiger partial charge is 0.0616 e. The number of nitrogens with one attached hydrogen (secondary N) is 1. The normalized spacial score (nSPS) is 34.1. The highest BCUT2D eigenvalue weighted by Crippen LogP contribution is 2.38. The molecule has 124 valence electrons. The average molecular weight is 296 g/mol. The number of likely N-dealkylation sites (tertiary alicyclic amines) is 1. The van der Waals surface area contributed by atoms with Gasteiger partial charge in [0.2, 0.25) is 0 Å². The fourth-order valence-electron chi connectivity index (χ4n) is 4.38. The summed E-state index contributed by atoms with van der Waals surface area (Å²) in [5.74, 6) is 2.38. The molecule has 3 unspecified atom stereocenters. The molecule has 3 heteroatoms. The predicted molar refractivity (Wildman–Crippen MR) is 89.5 cm³/mol. The van der Waals surface area contributed by atoms with Crippen molar-refractivity contribution in [2.75, 3.05) is 32.8 Å². The summed E-state index contributed by atoms with van der Waals surface area (Å²) < 4.78 is 0. The van der Waals surface area contributed by atoms with E-state index in [1.54, 1.807) is 0 Å². The summed E-state index contributed by atoms with van der Waals surface area (Å²) in [5, 5.41) is 13.6. The zero-order valence-electron chi connectivity index (χ0n) is 14.4. The Morgan fingerprint density at radius 1 is 1.33 bits per heavy atom. The van der Waals surface area contributed by atoms with Crippen LogP contribution >= 0.6 is 0 Å². The lowest BCUT2D eigenvalue weighted by Gasteiger charge is -2.36. The number of hydrogen-bond acceptors (Lipinski definition) is 3. The molecular formula is C18H36N2O. The van der Waals surface area contributed by atoms with Gasteiger partial charge in [-0.15, -0.1) is 0 Å². The van der Waals surface area contributed by atoms with E-state index >= 15 is 0 Å². The van der Waals surface area contributed by atoms with Crippen LogP contribution in [-0.4, -0.2) is 48.3 Å². The first-order chi connectivity index (χ1) is 10.1. The number of rotatable bonds is 8. The van der Waals surface area contributed by atoms with E-state index < -0.39 is 0 Å². The van der Waals surface area contributed by atoms with Crippen molar-refractivity contribution in [2.45, 2.75) is 64.8 Å². The molecule has 0 radical (unpaired) electrons. The van der Waals surface area contributed by atoms with E-state index in [0.29, 0.717) is 12.5 Å². The van der Waals surface area contributed by atoms with Gasteiger partial charge in [-0.3, -0.25) is 0 Å². The minimum absolute atomic E-state index is 0.0210. The van der Waals surface area contributed by atoms with Gasteiger partial charge < -0.3 is 15.3 Å². The van der Waals surface area contributed by atoms with Crippen molar-refractivity contribution in [3.05, 3.63) is 0 Å². The Hall–Kier alpha value is -0.120. The molecule has 1 heterocycles. The summed E-state index contributed by atoms with van der Waals surface area (Å²) in [6.07, 6.45) is 7.50. The van der Waals surface area contributed by atoms with Crippen LogP contribution in [0.15, 0.2) is 0 Å². The maximum absolute atomic E-state index is 9.94. The zero-order chi connectivity index (χ0) is 15.3. The highest BCUT2D eigenvalue weighted by Gasteiger charge is 2.41. The molecule has 0 aromatic rings. The minimum Gasteiger partial charge on any atom is -0.394 e. The van der Waals surface area contributed by atoms with Crippen molar-refractivity contribution < 1.29 is 5.11 Å². The van der Waals surface area contributed by atoms with Crippen molar-refractivity contribution in [2.24, 2.45) is 17.8 Å². The molecule has 0 bridgehead atoms. The van der Waals surface area contributed by atoms with Gasteiger partial charge in [-0.25, -0.2) is 0 Å². The van der Waals surface area contributed by atoms with Gasteiger partial charge in [0, 0.05) is 12.1 Å². The SMILES string of the molecule is CCCNC1(CO)CCCC1CCN1CCC(C(C)C)C1. The van der Waals surface area contributed by atoms with Gasteiger partial charge in [-0.2, -0.15) is 0 Å². The van der Waals surface area contributed by atoms with Gasteiger partial charge in [-0.1, -0.05) is 27.2 Å². The van der Waals surface area contributed by atoms with Crippen LogP contribution in [0.3, 0.4) is 0 Å². The molecule has 1 saturated carbocycles. The molecule has 0 amide bonds. The maximum Gasteiger partial charge on any atom is 0.0616 e. The number of nitrogens with zero attached hydrogens (tertiary/aromatic N) is 1. The van der Waals surface area contributed by atoms with Gasteiger partial charge >= 0.3 is 0 Å². The van der Waals surface area contributed by atoms with Crippen molar-refractivity contribution in [3.63, 3.8) is 0 Å². The Kier molecular flexibility index (Phi) is 6.51. The van der Waals surface area contributed by atoms with Crippen molar-refractivity contribution >= 4 is 0 Å². The predicted octanol–water partition coefficient (Wildman–Crippen LogP) is 2.89. The van der Waals surface area contributed by atoms with Gasteiger partial charge in [0.15, 0.2) is 0 Å².